The van der Waals surface area contributed by atoms with Gasteiger partial charge < -0.3 is 9.88 Å². The first kappa shape index (κ1) is 20.7. The molecule has 1 aromatic carbocycles. The van der Waals surface area contributed by atoms with Crippen LogP contribution in [0.3, 0.4) is 0 Å². The van der Waals surface area contributed by atoms with Crippen LogP contribution in [0.1, 0.15) is 13.8 Å². The smallest absolute Gasteiger partial charge is 0.251 e. The monoisotopic (exact) mass is 399 g/mol. The number of carbonyl (C=O) groups excluding carboxylic acids is 1. The maximum Gasteiger partial charge on any atom is 0.251 e. The van der Waals surface area contributed by atoms with Crippen LogP contribution in [0.15, 0.2) is 46.2 Å². The largest absolute Gasteiger partial charge is 0.322 e. The fraction of sp³-hybridized carbons (Fsp3) is 0.294. The normalized spacial score (nSPS) is 11.6. The summed E-state index contributed by atoms with van der Waals surface area (Å²) in [6.07, 6.45) is 1.05. The van der Waals surface area contributed by atoms with E-state index in [1.807, 2.05) is 0 Å². The first-order valence-electron chi connectivity index (χ1n) is 8.14. The second kappa shape index (κ2) is 8.40. The summed E-state index contributed by atoms with van der Waals surface area (Å²) in [5, 5.41) is 2.16. The molecule has 1 heterocycles. The first-order chi connectivity index (χ1) is 12.7. The number of anilines is 1. The third-order valence-electron chi connectivity index (χ3n) is 3.82. The Morgan fingerprint density at radius 1 is 1.15 bits per heavy atom. The molecular formula is C17H19F2N3O4S. The fourth-order valence-electron chi connectivity index (χ4n) is 2.44. The highest BCUT2D eigenvalue weighted by Gasteiger charge is 2.22. The van der Waals surface area contributed by atoms with Gasteiger partial charge in [-0.3, -0.25) is 9.59 Å². The quantitative estimate of drug-likeness (QED) is 0.769. The lowest BCUT2D eigenvalue weighted by Crippen LogP contribution is -2.33. The fourth-order valence-corrected chi connectivity index (χ4v) is 3.91. The van der Waals surface area contributed by atoms with Crippen molar-refractivity contribution in [3.05, 3.63) is 58.5 Å². The highest BCUT2D eigenvalue weighted by atomic mass is 32.2. The lowest BCUT2D eigenvalue weighted by molar-refractivity contribution is -0.116. The SMILES string of the molecule is CCN(CC)S(=O)(=O)c1ccc(=O)n(CC(=O)Nc2cc(F)ccc2F)c1. The molecule has 27 heavy (non-hydrogen) atoms. The number of halogens is 2. The molecule has 0 spiro atoms. The number of amides is 1. The van der Waals surface area contributed by atoms with Crippen molar-refractivity contribution < 1.29 is 22.0 Å². The number of carbonyl (C=O) groups is 1. The zero-order valence-electron chi connectivity index (χ0n) is 14.8. The minimum atomic E-state index is -3.82. The van der Waals surface area contributed by atoms with Crippen molar-refractivity contribution in [2.75, 3.05) is 18.4 Å². The number of benzene rings is 1. The standard InChI is InChI=1S/C17H19F2N3O4S/c1-3-22(4-2)27(25,26)13-6-8-17(24)21(10-13)11-16(23)20-15-9-12(18)5-7-14(15)19/h5-10H,3-4,11H2,1-2H3,(H,20,23). The summed E-state index contributed by atoms with van der Waals surface area (Å²) in [6.45, 7) is 3.29. The molecule has 146 valence electrons. The first-order valence-corrected chi connectivity index (χ1v) is 9.58. The number of hydrogen-bond acceptors (Lipinski definition) is 4. The molecule has 0 bridgehead atoms. The number of rotatable bonds is 7. The topological polar surface area (TPSA) is 88.5 Å². The van der Waals surface area contributed by atoms with Gasteiger partial charge in [-0.15, -0.1) is 0 Å². The summed E-state index contributed by atoms with van der Waals surface area (Å²) in [7, 11) is -3.82. The number of nitrogens with one attached hydrogen (secondary N) is 1. The molecule has 0 unspecified atom stereocenters. The molecule has 0 atom stereocenters. The van der Waals surface area contributed by atoms with Gasteiger partial charge in [0.1, 0.15) is 18.2 Å². The number of aromatic nitrogens is 1. The third-order valence-corrected chi connectivity index (χ3v) is 5.85. The van der Waals surface area contributed by atoms with Crippen LogP contribution in [-0.2, 0) is 21.4 Å². The van der Waals surface area contributed by atoms with Gasteiger partial charge in [0.15, 0.2) is 0 Å². The van der Waals surface area contributed by atoms with Gasteiger partial charge >= 0.3 is 0 Å². The van der Waals surface area contributed by atoms with E-state index >= 15 is 0 Å². The molecule has 1 N–H and O–H groups in total. The van der Waals surface area contributed by atoms with E-state index in [-0.39, 0.29) is 23.7 Å². The van der Waals surface area contributed by atoms with Gasteiger partial charge in [-0.2, -0.15) is 4.31 Å². The zero-order chi connectivity index (χ0) is 20.2. The number of nitrogens with zero attached hydrogens (tertiary/aromatic N) is 2. The molecule has 0 fully saturated rings. The molecule has 1 amide bonds. The third kappa shape index (κ3) is 4.77. The molecule has 0 aliphatic carbocycles. The molecular weight excluding hydrogens is 380 g/mol. The van der Waals surface area contributed by atoms with E-state index in [9.17, 15) is 26.8 Å². The lowest BCUT2D eigenvalue weighted by atomic mass is 10.3. The van der Waals surface area contributed by atoms with Crippen LogP contribution < -0.4 is 10.9 Å². The van der Waals surface area contributed by atoms with Gasteiger partial charge in [-0.25, -0.2) is 17.2 Å². The molecule has 0 radical (unpaired) electrons. The summed E-state index contributed by atoms with van der Waals surface area (Å²) >= 11 is 0. The molecule has 0 aliphatic heterocycles. The minimum Gasteiger partial charge on any atom is -0.322 e. The molecule has 2 aromatic rings. The molecule has 0 saturated heterocycles. The highest BCUT2D eigenvalue weighted by Crippen LogP contribution is 2.16. The molecule has 0 aliphatic rings. The Balaban J connectivity index is 2.27. The summed E-state index contributed by atoms with van der Waals surface area (Å²) in [4.78, 5) is 23.9. The van der Waals surface area contributed by atoms with E-state index in [0.717, 1.165) is 41.1 Å². The van der Waals surface area contributed by atoms with E-state index in [1.165, 1.54) is 4.31 Å². The van der Waals surface area contributed by atoms with Crippen molar-refractivity contribution in [2.45, 2.75) is 25.3 Å². The maximum atomic E-state index is 13.6. The second-order valence-electron chi connectivity index (χ2n) is 5.59. The van der Waals surface area contributed by atoms with Gasteiger partial charge in [0.05, 0.1) is 10.6 Å². The van der Waals surface area contributed by atoms with Crippen molar-refractivity contribution in [1.29, 1.82) is 0 Å². The minimum absolute atomic E-state index is 0.143. The van der Waals surface area contributed by atoms with Crippen molar-refractivity contribution >= 4 is 21.6 Å². The van der Waals surface area contributed by atoms with Crippen LogP contribution in [0.25, 0.3) is 0 Å². The van der Waals surface area contributed by atoms with Gasteiger partial charge in [0.2, 0.25) is 15.9 Å². The Bertz CT molecular complexity index is 1000. The number of sulfonamides is 1. The van der Waals surface area contributed by atoms with Crippen molar-refractivity contribution in [2.24, 2.45) is 0 Å². The summed E-state index contributed by atoms with van der Waals surface area (Å²) in [5.74, 6) is -2.38. The van der Waals surface area contributed by atoms with Crippen LogP contribution in [0, 0.1) is 11.6 Å². The van der Waals surface area contributed by atoms with Gasteiger partial charge in [0, 0.05) is 31.4 Å². The average Bonchev–Trinajstić information content (AvgIpc) is 2.60. The summed E-state index contributed by atoms with van der Waals surface area (Å²) < 4.78 is 53.9. The van der Waals surface area contributed by atoms with Crippen molar-refractivity contribution in [3.63, 3.8) is 0 Å². The Kier molecular flexibility index (Phi) is 6.45. The highest BCUT2D eigenvalue weighted by molar-refractivity contribution is 7.89. The van der Waals surface area contributed by atoms with E-state index in [4.69, 9.17) is 0 Å². The number of pyridine rings is 1. The Labute approximate surface area is 155 Å². The summed E-state index contributed by atoms with van der Waals surface area (Å²) in [6, 6.07) is 4.76. The van der Waals surface area contributed by atoms with Crippen molar-refractivity contribution in [1.82, 2.24) is 8.87 Å². The van der Waals surface area contributed by atoms with Crippen LogP contribution >= 0.6 is 0 Å². The predicted molar refractivity (Wildman–Crippen MR) is 95.8 cm³/mol. The molecule has 7 nitrogen and oxygen atoms in total. The predicted octanol–water partition coefficient (Wildman–Crippen LogP) is 1.80. The van der Waals surface area contributed by atoms with E-state index in [1.54, 1.807) is 13.8 Å². The molecule has 2 rings (SSSR count). The van der Waals surface area contributed by atoms with Crippen LogP contribution in [0.5, 0.6) is 0 Å². The van der Waals surface area contributed by atoms with Gasteiger partial charge in [0.25, 0.3) is 5.56 Å². The average molecular weight is 399 g/mol. The number of hydrogen-bond donors (Lipinski definition) is 1. The van der Waals surface area contributed by atoms with Crippen LogP contribution in [-0.4, -0.2) is 36.3 Å². The van der Waals surface area contributed by atoms with Gasteiger partial charge in [-0.05, 0) is 18.2 Å². The van der Waals surface area contributed by atoms with Gasteiger partial charge in [-0.1, -0.05) is 13.8 Å². The van der Waals surface area contributed by atoms with Crippen molar-refractivity contribution in [3.8, 4) is 0 Å². The zero-order valence-corrected chi connectivity index (χ0v) is 15.6. The Morgan fingerprint density at radius 3 is 2.44 bits per heavy atom. The van der Waals surface area contributed by atoms with Crippen LogP contribution in [0.2, 0.25) is 0 Å². The molecule has 10 heteroatoms. The lowest BCUT2D eigenvalue weighted by Gasteiger charge is -2.19. The maximum absolute atomic E-state index is 13.6. The Morgan fingerprint density at radius 2 is 1.81 bits per heavy atom. The second-order valence-corrected chi connectivity index (χ2v) is 7.53. The summed E-state index contributed by atoms with van der Waals surface area (Å²) in [5.41, 5.74) is -0.983. The van der Waals surface area contributed by atoms with E-state index in [2.05, 4.69) is 5.32 Å². The van der Waals surface area contributed by atoms with Crippen LogP contribution in [0.4, 0.5) is 14.5 Å². The van der Waals surface area contributed by atoms with E-state index < -0.39 is 39.7 Å². The Hall–Kier alpha value is -2.59. The molecule has 1 aromatic heterocycles. The van der Waals surface area contributed by atoms with E-state index in [0.29, 0.717) is 0 Å². The molecule has 0 saturated carbocycles.